The first-order chi connectivity index (χ1) is 20.3. The van der Waals surface area contributed by atoms with Gasteiger partial charge in [0, 0.05) is 64.0 Å². The van der Waals surface area contributed by atoms with Gasteiger partial charge in [-0.1, -0.05) is 41.9 Å². The molecule has 0 unspecified atom stereocenters. The van der Waals surface area contributed by atoms with Gasteiger partial charge < -0.3 is 19.5 Å². The predicted octanol–water partition coefficient (Wildman–Crippen LogP) is 6.93. The summed E-state index contributed by atoms with van der Waals surface area (Å²) in [4.78, 5) is 40.8. The number of Topliss-reactive ketones (excluding diaryl/α,β-unsaturated/α-hetero) is 2. The number of ketones is 2. The zero-order valence-corrected chi connectivity index (χ0v) is 24.7. The maximum Gasteiger partial charge on any atom is 0.305 e. The van der Waals surface area contributed by atoms with Crippen LogP contribution >= 0.6 is 11.6 Å². The van der Waals surface area contributed by atoms with Crippen LogP contribution in [0.3, 0.4) is 0 Å². The first-order valence-corrected chi connectivity index (χ1v) is 15.0. The van der Waals surface area contributed by atoms with Crippen molar-refractivity contribution in [1.29, 1.82) is 0 Å². The lowest BCUT2D eigenvalue weighted by Gasteiger charge is -2.44. The van der Waals surface area contributed by atoms with Crippen molar-refractivity contribution in [3.05, 3.63) is 93.3 Å². The molecule has 0 radical (unpaired) electrons. The van der Waals surface area contributed by atoms with Crippen LogP contribution in [0, 0.1) is 0 Å². The molecule has 1 N–H and O–H groups in total. The first-order valence-electron chi connectivity index (χ1n) is 14.6. The summed E-state index contributed by atoms with van der Waals surface area (Å²) in [5.41, 5.74) is 5.40. The Bertz CT molecular complexity index is 1440. The minimum atomic E-state index is -0.909. The number of carboxylic acids is 1. The van der Waals surface area contributed by atoms with E-state index in [0.717, 1.165) is 28.1 Å². The van der Waals surface area contributed by atoms with E-state index in [1.807, 2.05) is 48.2 Å². The van der Waals surface area contributed by atoms with Gasteiger partial charge in [-0.3, -0.25) is 14.4 Å². The summed E-state index contributed by atoms with van der Waals surface area (Å²) in [6.07, 6.45) is 5.73. The van der Waals surface area contributed by atoms with E-state index in [1.165, 1.54) is 0 Å². The van der Waals surface area contributed by atoms with Crippen LogP contribution in [0.4, 0.5) is 0 Å². The standard InChI is InChI=1S/C34H36ClNO6/c1-3-9-21-18-23(19-29(41-4-2)34(21)42-20-22-10-5-6-11-24(22)35)31-32-25(12-7-14-27(32)37)36(17-16-30(39)40)26-13-8-15-28(38)33(26)31/h3,5-6,10-11,18-19,31H,1,4,7-9,12-17,20H2,2H3,(H,39,40). The molecule has 0 spiro atoms. The molecule has 1 aliphatic heterocycles. The average molecular weight is 590 g/mol. The number of rotatable bonds is 11. The fourth-order valence-corrected chi connectivity index (χ4v) is 6.57. The highest BCUT2D eigenvalue weighted by Crippen LogP contribution is 2.50. The number of hydrogen-bond donors (Lipinski definition) is 1. The number of halogens is 1. The Morgan fingerprint density at radius 1 is 1.02 bits per heavy atom. The molecule has 2 aliphatic carbocycles. The van der Waals surface area contributed by atoms with Crippen molar-refractivity contribution in [1.82, 2.24) is 4.90 Å². The second kappa shape index (κ2) is 13.0. The minimum absolute atomic E-state index is 0.00813. The number of carboxylic acid groups (broad SMARTS) is 1. The van der Waals surface area contributed by atoms with E-state index in [9.17, 15) is 19.5 Å². The lowest BCUT2D eigenvalue weighted by molar-refractivity contribution is -0.137. The summed E-state index contributed by atoms with van der Waals surface area (Å²) in [5, 5.41) is 10.1. The van der Waals surface area contributed by atoms with Crippen LogP contribution in [-0.4, -0.2) is 40.7 Å². The second-order valence-electron chi connectivity index (χ2n) is 10.8. The molecule has 3 aliphatic rings. The summed E-state index contributed by atoms with van der Waals surface area (Å²) in [7, 11) is 0. The third-order valence-electron chi connectivity index (χ3n) is 8.12. The topological polar surface area (TPSA) is 93.1 Å². The van der Waals surface area contributed by atoms with E-state index in [0.29, 0.717) is 79.2 Å². The van der Waals surface area contributed by atoms with Gasteiger partial charge >= 0.3 is 5.97 Å². The zero-order chi connectivity index (χ0) is 29.8. The number of hydrogen-bond acceptors (Lipinski definition) is 6. The van der Waals surface area contributed by atoms with Crippen LogP contribution < -0.4 is 9.47 Å². The summed E-state index contributed by atoms with van der Waals surface area (Å²) in [5.74, 6) is -0.330. The molecule has 2 aromatic carbocycles. The van der Waals surface area contributed by atoms with Crippen molar-refractivity contribution in [3.63, 3.8) is 0 Å². The number of nitrogens with zero attached hydrogens (tertiary/aromatic N) is 1. The van der Waals surface area contributed by atoms with Gasteiger partial charge in [-0.25, -0.2) is 0 Å². The van der Waals surface area contributed by atoms with Crippen molar-refractivity contribution in [2.45, 2.75) is 70.8 Å². The molecule has 0 bridgehead atoms. The second-order valence-corrected chi connectivity index (χ2v) is 11.2. The van der Waals surface area contributed by atoms with Gasteiger partial charge in [0.15, 0.2) is 23.1 Å². The van der Waals surface area contributed by atoms with Crippen LogP contribution in [0.1, 0.15) is 74.5 Å². The van der Waals surface area contributed by atoms with Gasteiger partial charge in [-0.15, -0.1) is 6.58 Å². The number of ether oxygens (including phenoxy) is 2. The minimum Gasteiger partial charge on any atom is -0.490 e. The van der Waals surface area contributed by atoms with E-state index < -0.39 is 11.9 Å². The van der Waals surface area contributed by atoms with Crippen molar-refractivity contribution in [3.8, 4) is 11.5 Å². The third-order valence-corrected chi connectivity index (χ3v) is 8.49. The van der Waals surface area contributed by atoms with Gasteiger partial charge in [-0.2, -0.15) is 0 Å². The van der Waals surface area contributed by atoms with E-state index in [1.54, 1.807) is 6.08 Å². The normalized spacial score (nSPS) is 17.2. The molecule has 0 aromatic heterocycles. The van der Waals surface area contributed by atoms with Gasteiger partial charge in [0.05, 0.1) is 13.0 Å². The number of carbonyl (C=O) groups excluding carboxylic acids is 2. The van der Waals surface area contributed by atoms with E-state index in [4.69, 9.17) is 21.1 Å². The van der Waals surface area contributed by atoms with Crippen molar-refractivity contribution >= 4 is 29.1 Å². The highest BCUT2D eigenvalue weighted by atomic mass is 35.5. The Morgan fingerprint density at radius 2 is 1.69 bits per heavy atom. The molecular weight excluding hydrogens is 554 g/mol. The molecule has 0 saturated carbocycles. The van der Waals surface area contributed by atoms with E-state index >= 15 is 0 Å². The monoisotopic (exact) mass is 589 g/mol. The largest absolute Gasteiger partial charge is 0.490 e. The lowest BCUT2D eigenvalue weighted by Crippen LogP contribution is -2.40. The van der Waals surface area contributed by atoms with Crippen LogP contribution in [-0.2, 0) is 27.4 Å². The first kappa shape index (κ1) is 29.6. The number of carbonyl (C=O) groups is 3. The number of allylic oxidation sites excluding steroid dienone is 5. The van der Waals surface area contributed by atoms with E-state index in [2.05, 4.69) is 6.58 Å². The molecule has 0 fully saturated rings. The Kier molecular flexibility index (Phi) is 9.17. The molecular formula is C34H36ClNO6. The SMILES string of the molecule is C=CCc1cc(C2C3=C(CCCC3=O)N(CCC(=O)O)C3=C2C(=O)CCC3)cc(OCC)c1OCc1ccccc1Cl. The highest BCUT2D eigenvalue weighted by molar-refractivity contribution is 6.31. The van der Waals surface area contributed by atoms with Crippen molar-refractivity contribution in [2.75, 3.05) is 13.2 Å². The molecule has 5 rings (SSSR count). The molecule has 0 saturated heterocycles. The predicted molar refractivity (Wildman–Crippen MR) is 161 cm³/mol. The fourth-order valence-electron chi connectivity index (χ4n) is 6.38. The summed E-state index contributed by atoms with van der Waals surface area (Å²) in [6.45, 7) is 6.72. The molecule has 8 heteroatoms. The maximum atomic E-state index is 13.6. The number of aliphatic carboxylic acids is 1. The Hall–Kier alpha value is -3.84. The van der Waals surface area contributed by atoms with Gasteiger partial charge in [0.2, 0.25) is 0 Å². The summed E-state index contributed by atoms with van der Waals surface area (Å²) in [6, 6.07) is 11.4. The Balaban J connectivity index is 1.66. The van der Waals surface area contributed by atoms with Crippen LogP contribution in [0.5, 0.6) is 11.5 Å². The smallest absolute Gasteiger partial charge is 0.305 e. The molecule has 7 nitrogen and oxygen atoms in total. The molecule has 1 heterocycles. The molecule has 2 aromatic rings. The average Bonchev–Trinajstić information content (AvgIpc) is 2.96. The fraction of sp³-hybridized carbons (Fsp3) is 0.382. The van der Waals surface area contributed by atoms with Crippen LogP contribution in [0.25, 0.3) is 0 Å². The molecule has 42 heavy (non-hydrogen) atoms. The maximum absolute atomic E-state index is 13.6. The summed E-state index contributed by atoms with van der Waals surface area (Å²) >= 11 is 6.39. The van der Waals surface area contributed by atoms with E-state index in [-0.39, 0.29) is 31.1 Å². The quantitative estimate of drug-likeness (QED) is 0.284. The Morgan fingerprint density at radius 3 is 2.29 bits per heavy atom. The molecule has 0 amide bonds. The van der Waals surface area contributed by atoms with Crippen LogP contribution in [0.15, 0.2) is 71.6 Å². The highest BCUT2D eigenvalue weighted by Gasteiger charge is 2.43. The lowest BCUT2D eigenvalue weighted by atomic mass is 9.70. The van der Waals surface area contributed by atoms with Gasteiger partial charge in [0.25, 0.3) is 0 Å². The number of benzene rings is 2. The third kappa shape index (κ3) is 5.88. The molecule has 220 valence electrons. The summed E-state index contributed by atoms with van der Waals surface area (Å²) < 4.78 is 12.4. The van der Waals surface area contributed by atoms with Crippen molar-refractivity contribution < 1.29 is 29.0 Å². The zero-order valence-electron chi connectivity index (χ0n) is 23.9. The molecule has 0 atom stereocenters. The van der Waals surface area contributed by atoms with Gasteiger partial charge in [0.1, 0.15) is 6.61 Å². The van der Waals surface area contributed by atoms with Crippen molar-refractivity contribution in [2.24, 2.45) is 0 Å². The van der Waals surface area contributed by atoms with Gasteiger partial charge in [-0.05, 0) is 56.7 Å². The van der Waals surface area contributed by atoms with Crippen LogP contribution in [0.2, 0.25) is 5.02 Å². The Labute approximate surface area is 251 Å².